The van der Waals surface area contributed by atoms with Gasteiger partial charge in [0.2, 0.25) is 0 Å². The van der Waals surface area contributed by atoms with E-state index in [4.69, 9.17) is 4.74 Å². The summed E-state index contributed by atoms with van der Waals surface area (Å²) in [6, 6.07) is 0. The van der Waals surface area contributed by atoms with Crippen molar-refractivity contribution < 1.29 is 4.74 Å². The highest BCUT2D eigenvalue weighted by molar-refractivity contribution is 4.89. The maximum absolute atomic E-state index is 6.42. The molecule has 0 aromatic heterocycles. The minimum atomic E-state index is 0.107. The van der Waals surface area contributed by atoms with Crippen LogP contribution in [0.2, 0.25) is 0 Å². The third-order valence-electron chi connectivity index (χ3n) is 3.94. The maximum atomic E-state index is 6.42. The van der Waals surface area contributed by atoms with E-state index in [0.29, 0.717) is 6.10 Å². The Hall–Kier alpha value is -0.0800. The molecule has 0 bridgehead atoms. The number of nitrogens with one attached hydrogen (secondary N) is 1. The molecular formula is C15H31NO. The van der Waals surface area contributed by atoms with Gasteiger partial charge in [-0.15, -0.1) is 0 Å². The van der Waals surface area contributed by atoms with E-state index in [2.05, 4.69) is 33.0 Å². The lowest BCUT2D eigenvalue weighted by molar-refractivity contribution is -0.115. The van der Waals surface area contributed by atoms with Gasteiger partial charge in [0.05, 0.1) is 11.7 Å². The van der Waals surface area contributed by atoms with Crippen LogP contribution in [0.25, 0.3) is 0 Å². The molecule has 0 aromatic carbocycles. The molecule has 1 rings (SSSR count). The summed E-state index contributed by atoms with van der Waals surface area (Å²) in [5, 5.41) is 3.33. The first-order valence-corrected chi connectivity index (χ1v) is 7.30. The second kappa shape index (κ2) is 6.75. The van der Waals surface area contributed by atoms with Crippen LogP contribution in [0, 0.1) is 11.8 Å². The van der Waals surface area contributed by atoms with Gasteiger partial charge in [0.1, 0.15) is 0 Å². The highest BCUT2D eigenvalue weighted by Gasteiger charge is 2.35. The number of hydrogen-bond acceptors (Lipinski definition) is 2. The highest BCUT2D eigenvalue weighted by Crippen LogP contribution is 2.35. The standard InChI is InChI=1S/C15H31NO/c1-12(2)10-14(4)17-15(11-16-5)8-6-13(3)7-9-15/h12-14,16H,6-11H2,1-5H3. The van der Waals surface area contributed by atoms with Gasteiger partial charge in [-0.3, -0.25) is 0 Å². The Bertz CT molecular complexity index is 207. The average molecular weight is 241 g/mol. The van der Waals surface area contributed by atoms with Crippen LogP contribution in [-0.2, 0) is 4.74 Å². The minimum absolute atomic E-state index is 0.107. The van der Waals surface area contributed by atoms with Gasteiger partial charge in [-0.2, -0.15) is 0 Å². The molecule has 0 radical (unpaired) electrons. The van der Waals surface area contributed by atoms with Crippen LogP contribution in [0.15, 0.2) is 0 Å². The van der Waals surface area contributed by atoms with Crippen LogP contribution in [0.1, 0.15) is 59.8 Å². The van der Waals surface area contributed by atoms with E-state index < -0.39 is 0 Å². The molecule has 1 N–H and O–H groups in total. The third kappa shape index (κ3) is 4.97. The summed E-state index contributed by atoms with van der Waals surface area (Å²) in [6.45, 7) is 10.1. The summed E-state index contributed by atoms with van der Waals surface area (Å²) in [4.78, 5) is 0. The molecule has 2 nitrogen and oxygen atoms in total. The van der Waals surface area contributed by atoms with Gasteiger partial charge in [-0.05, 0) is 57.9 Å². The van der Waals surface area contributed by atoms with E-state index in [-0.39, 0.29) is 5.60 Å². The van der Waals surface area contributed by atoms with Gasteiger partial charge in [0, 0.05) is 6.54 Å². The van der Waals surface area contributed by atoms with Crippen LogP contribution < -0.4 is 5.32 Å². The molecule has 1 atom stereocenters. The van der Waals surface area contributed by atoms with Crippen LogP contribution in [0.4, 0.5) is 0 Å². The van der Waals surface area contributed by atoms with E-state index in [1.54, 1.807) is 0 Å². The zero-order valence-electron chi connectivity index (χ0n) is 12.4. The summed E-state index contributed by atoms with van der Waals surface area (Å²) in [5.41, 5.74) is 0.107. The summed E-state index contributed by atoms with van der Waals surface area (Å²) >= 11 is 0. The van der Waals surface area contributed by atoms with E-state index in [1.165, 1.54) is 32.1 Å². The Balaban J connectivity index is 2.52. The van der Waals surface area contributed by atoms with Gasteiger partial charge in [0.15, 0.2) is 0 Å². The van der Waals surface area contributed by atoms with Gasteiger partial charge in [0.25, 0.3) is 0 Å². The van der Waals surface area contributed by atoms with Crippen LogP contribution in [-0.4, -0.2) is 25.3 Å². The summed E-state index contributed by atoms with van der Waals surface area (Å²) in [7, 11) is 2.04. The zero-order chi connectivity index (χ0) is 12.9. The van der Waals surface area contributed by atoms with E-state index in [9.17, 15) is 0 Å². The molecule has 102 valence electrons. The van der Waals surface area contributed by atoms with Crippen molar-refractivity contribution in [1.82, 2.24) is 5.32 Å². The predicted molar refractivity (Wildman–Crippen MR) is 74.3 cm³/mol. The minimum Gasteiger partial charge on any atom is -0.371 e. The topological polar surface area (TPSA) is 21.3 Å². The molecule has 0 saturated heterocycles. The fraction of sp³-hybridized carbons (Fsp3) is 1.00. The molecule has 0 aromatic rings. The Morgan fingerprint density at radius 1 is 1.24 bits per heavy atom. The number of hydrogen-bond donors (Lipinski definition) is 1. The van der Waals surface area contributed by atoms with Crippen molar-refractivity contribution in [1.29, 1.82) is 0 Å². The average Bonchev–Trinajstić information content (AvgIpc) is 2.21. The highest BCUT2D eigenvalue weighted by atomic mass is 16.5. The van der Waals surface area contributed by atoms with Gasteiger partial charge < -0.3 is 10.1 Å². The predicted octanol–water partition coefficient (Wildman–Crippen LogP) is 3.61. The molecule has 0 heterocycles. The Morgan fingerprint density at radius 2 is 1.82 bits per heavy atom. The fourth-order valence-electron chi connectivity index (χ4n) is 3.09. The number of likely N-dealkylation sites (N-methyl/N-ethyl adjacent to an activating group) is 1. The number of rotatable bonds is 6. The molecule has 17 heavy (non-hydrogen) atoms. The molecular weight excluding hydrogens is 210 g/mol. The maximum Gasteiger partial charge on any atom is 0.0810 e. The molecule has 0 amide bonds. The summed E-state index contributed by atoms with van der Waals surface area (Å²) in [5.74, 6) is 1.60. The smallest absolute Gasteiger partial charge is 0.0810 e. The van der Waals surface area contributed by atoms with Gasteiger partial charge >= 0.3 is 0 Å². The first-order chi connectivity index (χ1) is 7.97. The van der Waals surface area contributed by atoms with Crippen molar-refractivity contribution in [3.8, 4) is 0 Å². The van der Waals surface area contributed by atoms with Crippen LogP contribution in [0.3, 0.4) is 0 Å². The fourth-order valence-corrected chi connectivity index (χ4v) is 3.09. The lowest BCUT2D eigenvalue weighted by atomic mass is 9.79. The summed E-state index contributed by atoms with van der Waals surface area (Å²) < 4.78 is 6.42. The van der Waals surface area contributed by atoms with Crippen molar-refractivity contribution in [3.05, 3.63) is 0 Å². The van der Waals surface area contributed by atoms with Gasteiger partial charge in [-0.1, -0.05) is 20.8 Å². The van der Waals surface area contributed by atoms with Gasteiger partial charge in [-0.25, -0.2) is 0 Å². The monoisotopic (exact) mass is 241 g/mol. The molecule has 1 saturated carbocycles. The summed E-state index contributed by atoms with van der Waals surface area (Å²) in [6.07, 6.45) is 6.62. The lowest BCUT2D eigenvalue weighted by Gasteiger charge is -2.41. The molecule has 1 aliphatic rings. The molecule has 0 aliphatic heterocycles. The van der Waals surface area contributed by atoms with E-state index in [0.717, 1.165) is 18.4 Å². The van der Waals surface area contributed by atoms with Crippen molar-refractivity contribution >= 4 is 0 Å². The Morgan fingerprint density at radius 3 is 2.29 bits per heavy atom. The van der Waals surface area contributed by atoms with Crippen molar-refractivity contribution in [2.75, 3.05) is 13.6 Å². The van der Waals surface area contributed by atoms with E-state index in [1.807, 2.05) is 7.05 Å². The second-order valence-corrected chi connectivity index (χ2v) is 6.45. The molecule has 1 unspecified atom stereocenters. The largest absolute Gasteiger partial charge is 0.371 e. The zero-order valence-corrected chi connectivity index (χ0v) is 12.4. The van der Waals surface area contributed by atoms with Crippen molar-refractivity contribution in [2.45, 2.75) is 71.5 Å². The van der Waals surface area contributed by atoms with Crippen molar-refractivity contribution in [2.24, 2.45) is 11.8 Å². The number of ether oxygens (including phenoxy) is 1. The first kappa shape index (κ1) is 15.0. The Labute approximate surface area is 108 Å². The van der Waals surface area contributed by atoms with Crippen LogP contribution in [0.5, 0.6) is 0 Å². The van der Waals surface area contributed by atoms with Crippen LogP contribution >= 0.6 is 0 Å². The normalized spacial score (nSPS) is 31.8. The second-order valence-electron chi connectivity index (χ2n) is 6.45. The lowest BCUT2D eigenvalue weighted by Crippen LogP contribution is -2.46. The molecule has 1 fully saturated rings. The molecule has 1 aliphatic carbocycles. The third-order valence-corrected chi connectivity index (χ3v) is 3.94. The molecule has 0 spiro atoms. The molecule has 2 heteroatoms. The Kier molecular flexibility index (Phi) is 5.94. The van der Waals surface area contributed by atoms with Crippen molar-refractivity contribution in [3.63, 3.8) is 0 Å². The SMILES string of the molecule is CNCC1(OC(C)CC(C)C)CCC(C)CC1. The quantitative estimate of drug-likeness (QED) is 0.767. The first-order valence-electron chi connectivity index (χ1n) is 7.30. The van der Waals surface area contributed by atoms with E-state index >= 15 is 0 Å².